The van der Waals surface area contributed by atoms with Gasteiger partial charge in [-0.05, 0) is 30.3 Å². The fourth-order valence-electron chi connectivity index (χ4n) is 1.87. The van der Waals surface area contributed by atoms with E-state index in [4.69, 9.17) is 4.42 Å². The first-order valence-electron chi connectivity index (χ1n) is 6.96. The van der Waals surface area contributed by atoms with E-state index >= 15 is 0 Å². The first-order chi connectivity index (χ1) is 12.3. The average molecular weight is 382 g/mol. The molecular formula is C15H14N2O8S. The Morgan fingerprint density at radius 1 is 1.00 bits per heavy atom. The summed E-state index contributed by atoms with van der Waals surface area (Å²) in [6.45, 7) is 0. The van der Waals surface area contributed by atoms with Gasteiger partial charge in [-0.1, -0.05) is 0 Å². The highest BCUT2D eigenvalue weighted by Crippen LogP contribution is 2.17. The smallest absolute Gasteiger partial charge is 0.337 e. The van der Waals surface area contributed by atoms with Gasteiger partial charge in [-0.25, -0.2) is 18.0 Å². The van der Waals surface area contributed by atoms with E-state index in [2.05, 4.69) is 9.47 Å². The van der Waals surface area contributed by atoms with Gasteiger partial charge in [-0.3, -0.25) is 10.2 Å². The molecule has 11 heteroatoms. The van der Waals surface area contributed by atoms with Crippen LogP contribution in [-0.4, -0.2) is 40.5 Å². The highest BCUT2D eigenvalue weighted by Gasteiger charge is 2.22. The van der Waals surface area contributed by atoms with Crippen LogP contribution in [-0.2, 0) is 19.5 Å². The zero-order chi connectivity index (χ0) is 19.3. The Morgan fingerprint density at radius 2 is 1.58 bits per heavy atom. The van der Waals surface area contributed by atoms with Crippen LogP contribution in [0.1, 0.15) is 31.3 Å². The van der Waals surface area contributed by atoms with Crippen LogP contribution >= 0.6 is 0 Å². The molecule has 0 atom stereocenters. The summed E-state index contributed by atoms with van der Waals surface area (Å²) >= 11 is 0. The molecule has 10 nitrogen and oxygen atoms in total. The second-order valence-corrected chi connectivity index (χ2v) is 6.45. The first kappa shape index (κ1) is 19.1. The van der Waals surface area contributed by atoms with E-state index in [-0.39, 0.29) is 16.9 Å². The quantitative estimate of drug-likeness (QED) is 0.543. The second-order valence-electron chi connectivity index (χ2n) is 4.77. The molecule has 1 amide bonds. The summed E-state index contributed by atoms with van der Waals surface area (Å²) in [6.07, 6.45) is 1.24. The van der Waals surface area contributed by atoms with Gasteiger partial charge in [-0.2, -0.15) is 0 Å². The van der Waals surface area contributed by atoms with Gasteiger partial charge in [-0.15, -0.1) is 4.83 Å². The molecule has 0 aliphatic rings. The minimum absolute atomic E-state index is 0.119. The van der Waals surface area contributed by atoms with E-state index in [1.807, 2.05) is 10.3 Å². The van der Waals surface area contributed by atoms with Crippen molar-refractivity contribution in [1.29, 1.82) is 0 Å². The molecule has 0 aliphatic heterocycles. The molecule has 0 saturated carbocycles. The number of rotatable bonds is 6. The Bertz CT molecular complexity index is 900. The summed E-state index contributed by atoms with van der Waals surface area (Å²) in [7, 11) is -2.11. The number of benzene rings is 1. The highest BCUT2D eigenvalue weighted by atomic mass is 32.2. The summed E-state index contributed by atoms with van der Waals surface area (Å²) in [5.41, 5.74) is 1.57. The highest BCUT2D eigenvalue weighted by molar-refractivity contribution is 7.89. The zero-order valence-electron chi connectivity index (χ0n) is 13.6. The SMILES string of the molecule is COC(=O)c1cc(C(=O)OC)cc(S(=O)(=O)NNC(=O)c2ccco2)c1. The van der Waals surface area contributed by atoms with Gasteiger partial charge >= 0.3 is 17.8 Å². The second kappa shape index (κ2) is 7.80. The minimum Gasteiger partial charge on any atom is -0.465 e. The van der Waals surface area contributed by atoms with Crippen molar-refractivity contribution in [3.05, 3.63) is 53.5 Å². The Kier molecular flexibility index (Phi) is 5.75. The van der Waals surface area contributed by atoms with E-state index in [9.17, 15) is 22.8 Å². The monoisotopic (exact) mass is 382 g/mol. The van der Waals surface area contributed by atoms with Crippen LogP contribution in [0, 0.1) is 0 Å². The number of carbonyl (C=O) groups is 3. The topological polar surface area (TPSA) is 141 Å². The Labute approximate surface area is 148 Å². The molecule has 0 spiro atoms. The predicted octanol–water partition coefficient (Wildman–Crippen LogP) is 0.476. The fourth-order valence-corrected chi connectivity index (χ4v) is 2.78. The lowest BCUT2D eigenvalue weighted by Gasteiger charge is -2.10. The summed E-state index contributed by atoms with van der Waals surface area (Å²) in [6, 6.07) is 5.88. The van der Waals surface area contributed by atoms with Crippen molar-refractivity contribution in [2.45, 2.75) is 4.90 Å². The summed E-state index contributed by atoms with van der Waals surface area (Å²) in [5.74, 6) is -2.67. The van der Waals surface area contributed by atoms with Gasteiger partial charge in [0.2, 0.25) is 0 Å². The number of amides is 1. The van der Waals surface area contributed by atoms with Gasteiger partial charge in [0.25, 0.3) is 10.0 Å². The molecular weight excluding hydrogens is 368 g/mol. The average Bonchev–Trinajstić information content (AvgIpc) is 3.19. The molecule has 1 aromatic heterocycles. The zero-order valence-corrected chi connectivity index (χ0v) is 14.5. The number of carbonyl (C=O) groups excluding carboxylic acids is 3. The predicted molar refractivity (Wildman–Crippen MR) is 85.6 cm³/mol. The summed E-state index contributed by atoms with van der Waals surface area (Å²) in [5, 5.41) is 0. The molecule has 2 rings (SSSR count). The third-order valence-electron chi connectivity index (χ3n) is 3.10. The third kappa shape index (κ3) is 4.26. The van der Waals surface area contributed by atoms with E-state index < -0.39 is 32.8 Å². The van der Waals surface area contributed by atoms with Crippen molar-refractivity contribution >= 4 is 27.9 Å². The fraction of sp³-hybridized carbons (Fsp3) is 0.133. The standard InChI is InChI=1S/C15H14N2O8S/c1-23-14(19)9-6-10(15(20)24-2)8-11(7-9)26(21,22)17-16-13(18)12-4-3-5-25-12/h3-8,17H,1-2H3,(H,16,18). The van der Waals surface area contributed by atoms with Gasteiger partial charge in [0.05, 0.1) is 36.5 Å². The van der Waals surface area contributed by atoms with Crippen molar-refractivity contribution in [2.24, 2.45) is 0 Å². The maximum atomic E-state index is 12.4. The number of esters is 2. The van der Waals surface area contributed by atoms with Crippen LogP contribution in [0.4, 0.5) is 0 Å². The van der Waals surface area contributed by atoms with Crippen molar-refractivity contribution in [3.63, 3.8) is 0 Å². The van der Waals surface area contributed by atoms with Crippen molar-refractivity contribution in [3.8, 4) is 0 Å². The maximum Gasteiger partial charge on any atom is 0.337 e. The molecule has 2 aromatic rings. The summed E-state index contributed by atoms with van der Waals surface area (Å²) in [4.78, 5) is 36.5. The van der Waals surface area contributed by atoms with Crippen LogP contribution in [0.3, 0.4) is 0 Å². The number of sulfonamides is 1. The van der Waals surface area contributed by atoms with Crippen LogP contribution in [0.25, 0.3) is 0 Å². The van der Waals surface area contributed by atoms with Gasteiger partial charge < -0.3 is 13.9 Å². The van der Waals surface area contributed by atoms with Gasteiger partial charge in [0.1, 0.15) is 0 Å². The number of hydrogen-bond donors (Lipinski definition) is 2. The van der Waals surface area contributed by atoms with E-state index in [1.54, 1.807) is 0 Å². The number of methoxy groups -OCH3 is 2. The summed E-state index contributed by atoms with van der Waals surface area (Å²) < 4.78 is 38.6. The molecule has 0 fully saturated rings. The van der Waals surface area contributed by atoms with Crippen LogP contribution in [0.2, 0.25) is 0 Å². The largest absolute Gasteiger partial charge is 0.465 e. The molecule has 1 aromatic carbocycles. The van der Waals surface area contributed by atoms with Crippen molar-refractivity contribution in [1.82, 2.24) is 10.3 Å². The number of hydrogen-bond acceptors (Lipinski definition) is 8. The normalized spacial score (nSPS) is 10.8. The molecule has 2 N–H and O–H groups in total. The molecule has 0 unspecified atom stereocenters. The molecule has 1 heterocycles. The minimum atomic E-state index is -4.31. The van der Waals surface area contributed by atoms with Gasteiger partial charge in [0, 0.05) is 0 Å². The maximum absolute atomic E-state index is 12.4. The van der Waals surface area contributed by atoms with E-state index in [1.165, 1.54) is 18.4 Å². The lowest BCUT2D eigenvalue weighted by Crippen LogP contribution is -2.41. The molecule has 0 saturated heterocycles. The van der Waals surface area contributed by atoms with E-state index in [0.717, 1.165) is 32.4 Å². The number of furan rings is 1. The Balaban J connectivity index is 2.33. The van der Waals surface area contributed by atoms with Crippen LogP contribution < -0.4 is 10.3 Å². The molecule has 0 bridgehead atoms. The van der Waals surface area contributed by atoms with E-state index in [0.29, 0.717) is 0 Å². The van der Waals surface area contributed by atoms with Crippen LogP contribution in [0.15, 0.2) is 45.9 Å². The number of nitrogens with one attached hydrogen (secondary N) is 2. The molecule has 26 heavy (non-hydrogen) atoms. The van der Waals surface area contributed by atoms with Crippen LogP contribution in [0.5, 0.6) is 0 Å². The van der Waals surface area contributed by atoms with Crippen molar-refractivity contribution < 1.29 is 36.7 Å². The molecule has 138 valence electrons. The van der Waals surface area contributed by atoms with Crippen molar-refractivity contribution in [2.75, 3.05) is 14.2 Å². The Hall–Kier alpha value is -3.18. The number of ether oxygens (including phenoxy) is 2. The first-order valence-corrected chi connectivity index (χ1v) is 8.44. The Morgan fingerprint density at radius 3 is 2.04 bits per heavy atom. The lowest BCUT2D eigenvalue weighted by atomic mass is 10.1. The number of hydrazine groups is 1. The van der Waals surface area contributed by atoms with Gasteiger partial charge in [0.15, 0.2) is 5.76 Å². The lowest BCUT2D eigenvalue weighted by molar-refractivity contribution is 0.0598. The molecule has 0 aliphatic carbocycles. The molecule has 0 radical (unpaired) electrons. The third-order valence-corrected chi connectivity index (χ3v) is 4.33.